The number of hydrogen-bond donors (Lipinski definition) is 0. The molecule has 0 saturated heterocycles. The highest BCUT2D eigenvalue weighted by Gasteiger charge is 2.58. The molecule has 1 aromatic rings. The maximum atomic E-state index is 13.5. The van der Waals surface area contributed by atoms with E-state index in [1.807, 2.05) is 0 Å². The van der Waals surface area contributed by atoms with Gasteiger partial charge in [-0.05, 0) is 47.2 Å². The number of aryl methyl sites for hydroxylation is 1. The molecule has 0 fully saturated rings. The lowest BCUT2D eigenvalue weighted by atomic mass is 9.93. The van der Waals surface area contributed by atoms with Crippen molar-refractivity contribution in [1.82, 2.24) is 0 Å². The minimum atomic E-state index is -4.04. The van der Waals surface area contributed by atoms with E-state index in [1.54, 1.807) is 22.6 Å². The van der Waals surface area contributed by atoms with Crippen LogP contribution in [-0.2, 0) is 21.6 Å². The Hall–Kier alpha value is -0.860. The summed E-state index contributed by atoms with van der Waals surface area (Å²) in [6.45, 7) is 1.25. The van der Waals surface area contributed by atoms with Gasteiger partial charge in [0.1, 0.15) is 0 Å². The van der Waals surface area contributed by atoms with Gasteiger partial charge in [-0.15, -0.1) is 0 Å². The number of fused-ring (bicyclic) bond motifs is 1. The molecule has 0 bridgehead atoms. The van der Waals surface area contributed by atoms with E-state index in [0.717, 1.165) is 6.07 Å². The molecule has 1 aliphatic heterocycles. The first-order chi connectivity index (χ1) is 7.66. The third-order valence-corrected chi connectivity index (χ3v) is 3.03. The molecule has 0 spiro atoms. The van der Waals surface area contributed by atoms with Crippen LogP contribution in [0.25, 0.3) is 0 Å². The van der Waals surface area contributed by atoms with Crippen molar-refractivity contribution in [1.29, 1.82) is 0 Å². The van der Waals surface area contributed by atoms with Crippen LogP contribution < -0.4 is 0 Å². The Labute approximate surface area is 107 Å². The molecule has 0 unspecified atom stereocenters. The van der Waals surface area contributed by atoms with E-state index in [-0.39, 0.29) is 5.56 Å². The summed E-state index contributed by atoms with van der Waals surface area (Å²) in [6.07, 6.45) is -4.01. The fraction of sp³-hybridized carbons (Fsp3) is 0.300. The Bertz CT molecular complexity index is 513. The van der Waals surface area contributed by atoms with Gasteiger partial charge < -0.3 is 4.74 Å². The van der Waals surface area contributed by atoms with Crippen LogP contribution in [0.1, 0.15) is 16.7 Å². The molecule has 1 aromatic carbocycles. The molecule has 2 rings (SSSR count). The van der Waals surface area contributed by atoms with Gasteiger partial charge in [0.05, 0.1) is 5.56 Å². The predicted molar refractivity (Wildman–Crippen MR) is 57.8 cm³/mol. The van der Waals surface area contributed by atoms with Gasteiger partial charge in [0.15, 0.2) is 0 Å². The third-order valence-electron chi connectivity index (χ3n) is 2.41. The molecule has 0 aliphatic carbocycles. The minimum absolute atomic E-state index is 0.0618. The lowest BCUT2D eigenvalue weighted by Gasteiger charge is -2.31. The average Bonchev–Trinajstić information content (AvgIpc) is 2.13. The number of alkyl halides is 4. The highest BCUT2D eigenvalue weighted by atomic mass is 127. The molecule has 0 saturated carbocycles. The van der Waals surface area contributed by atoms with Crippen LogP contribution in [-0.4, -0.2) is 5.97 Å². The number of hydrogen-bond acceptors (Lipinski definition) is 2. The molecule has 0 atom stereocenters. The van der Waals surface area contributed by atoms with Gasteiger partial charge in [-0.25, -0.2) is 4.79 Å². The summed E-state index contributed by atoms with van der Waals surface area (Å²) in [5, 5.41) is 0. The Kier molecular flexibility index (Phi) is 2.64. The van der Waals surface area contributed by atoms with Gasteiger partial charge in [0.2, 0.25) is 0 Å². The summed E-state index contributed by atoms with van der Waals surface area (Å²) >= 11 is 1.73. The molecule has 2 nitrogen and oxygen atoms in total. The number of benzene rings is 1. The summed E-state index contributed by atoms with van der Waals surface area (Å²) < 4.78 is 57.6. The number of carbonyl (C=O) groups excluding carboxylic acids is 1. The van der Waals surface area contributed by atoms with E-state index in [0.29, 0.717) is 3.57 Å². The number of esters is 1. The van der Waals surface area contributed by atoms with Gasteiger partial charge in [0, 0.05) is 9.13 Å². The molecule has 17 heavy (non-hydrogen) atoms. The van der Waals surface area contributed by atoms with Gasteiger partial charge in [-0.2, -0.15) is 17.6 Å². The molecule has 92 valence electrons. The first-order valence-corrected chi connectivity index (χ1v) is 5.54. The minimum Gasteiger partial charge on any atom is -0.392 e. The van der Waals surface area contributed by atoms with Crippen LogP contribution in [0.5, 0.6) is 0 Å². The van der Waals surface area contributed by atoms with Crippen LogP contribution in [0.2, 0.25) is 0 Å². The van der Waals surface area contributed by atoms with E-state index in [1.165, 1.54) is 13.0 Å². The number of rotatable bonds is 0. The van der Waals surface area contributed by atoms with E-state index in [2.05, 4.69) is 4.74 Å². The van der Waals surface area contributed by atoms with Gasteiger partial charge >= 0.3 is 18.0 Å². The first-order valence-electron chi connectivity index (χ1n) is 4.46. The fourth-order valence-corrected chi connectivity index (χ4v) is 2.51. The average molecular weight is 360 g/mol. The number of halogens is 5. The second-order valence-corrected chi connectivity index (χ2v) is 4.87. The molecule has 0 N–H and O–H groups in total. The number of ether oxygens (including phenoxy) is 1. The van der Waals surface area contributed by atoms with Crippen LogP contribution in [0.3, 0.4) is 0 Å². The van der Waals surface area contributed by atoms with Gasteiger partial charge in [-0.1, -0.05) is 0 Å². The summed E-state index contributed by atoms with van der Waals surface area (Å²) in [4.78, 5) is 10.9. The van der Waals surface area contributed by atoms with E-state index in [9.17, 15) is 22.4 Å². The Balaban J connectivity index is 2.82. The van der Waals surface area contributed by atoms with E-state index in [4.69, 9.17) is 0 Å². The van der Waals surface area contributed by atoms with Crippen molar-refractivity contribution in [2.75, 3.05) is 0 Å². The molecule has 7 heteroatoms. The van der Waals surface area contributed by atoms with Crippen molar-refractivity contribution < 1.29 is 27.1 Å². The van der Waals surface area contributed by atoms with Crippen molar-refractivity contribution in [2.24, 2.45) is 0 Å². The van der Waals surface area contributed by atoms with E-state index < -0.39 is 29.1 Å². The zero-order chi connectivity index (χ0) is 13.0. The maximum absolute atomic E-state index is 13.5. The van der Waals surface area contributed by atoms with Crippen molar-refractivity contribution in [3.8, 4) is 0 Å². The summed E-state index contributed by atoms with van der Waals surface area (Å²) in [6, 6.07) is 2.20. The number of carbonyl (C=O) groups is 1. The van der Waals surface area contributed by atoms with Gasteiger partial charge in [0.25, 0.3) is 0 Å². The maximum Gasteiger partial charge on any atom is 0.429 e. The molecule has 1 heterocycles. The Morgan fingerprint density at radius 2 is 1.82 bits per heavy atom. The Morgan fingerprint density at radius 1 is 1.24 bits per heavy atom. The second-order valence-electron chi connectivity index (χ2n) is 3.63. The largest absolute Gasteiger partial charge is 0.429 e. The van der Waals surface area contributed by atoms with Crippen LogP contribution in [0, 0.1) is 10.5 Å². The summed E-state index contributed by atoms with van der Waals surface area (Å²) in [5.74, 6) is -6.26. The molecular formula is C10H5F4IO2. The summed E-state index contributed by atoms with van der Waals surface area (Å²) in [7, 11) is 0. The van der Waals surface area contributed by atoms with Crippen LogP contribution in [0.15, 0.2) is 12.1 Å². The lowest BCUT2D eigenvalue weighted by Crippen LogP contribution is -2.42. The van der Waals surface area contributed by atoms with Crippen molar-refractivity contribution in [2.45, 2.75) is 19.0 Å². The molecule has 0 radical (unpaired) electrons. The normalized spacial score (nSPS) is 20.7. The van der Waals surface area contributed by atoms with E-state index >= 15 is 0 Å². The smallest absolute Gasteiger partial charge is 0.392 e. The third kappa shape index (κ3) is 1.80. The van der Waals surface area contributed by atoms with Crippen LogP contribution in [0.4, 0.5) is 17.6 Å². The predicted octanol–water partition coefficient (Wildman–Crippen LogP) is 3.30. The molecule has 0 aromatic heterocycles. The SMILES string of the molecule is Cc1cc(I)cc2c1C(F)(F)C(=O)OC2(F)F. The van der Waals surface area contributed by atoms with Gasteiger partial charge in [-0.3, -0.25) is 0 Å². The molecular weight excluding hydrogens is 355 g/mol. The summed E-state index contributed by atoms with van der Waals surface area (Å²) in [5.41, 5.74) is -1.97. The van der Waals surface area contributed by atoms with Crippen molar-refractivity contribution in [3.63, 3.8) is 0 Å². The quantitative estimate of drug-likeness (QED) is 0.403. The van der Waals surface area contributed by atoms with Crippen molar-refractivity contribution in [3.05, 3.63) is 32.4 Å². The first kappa shape index (κ1) is 12.6. The highest BCUT2D eigenvalue weighted by Crippen LogP contribution is 2.47. The van der Waals surface area contributed by atoms with Crippen molar-refractivity contribution >= 4 is 28.6 Å². The molecule has 1 aliphatic rings. The fourth-order valence-electron chi connectivity index (χ4n) is 1.73. The highest BCUT2D eigenvalue weighted by molar-refractivity contribution is 14.1. The lowest BCUT2D eigenvalue weighted by molar-refractivity contribution is -0.269. The zero-order valence-corrected chi connectivity index (χ0v) is 10.5. The topological polar surface area (TPSA) is 26.3 Å². The monoisotopic (exact) mass is 360 g/mol. The number of cyclic esters (lactones) is 1. The Morgan fingerprint density at radius 3 is 2.41 bits per heavy atom. The standard InChI is InChI=1S/C10H5F4IO2/c1-4-2-5(15)3-6-7(4)9(11,12)8(16)17-10(6,13)14/h2-3H,1H3. The zero-order valence-electron chi connectivity index (χ0n) is 8.36. The molecule has 0 amide bonds. The second kappa shape index (κ2) is 3.56. The van der Waals surface area contributed by atoms with Crippen LogP contribution >= 0.6 is 22.6 Å².